The van der Waals surface area contributed by atoms with E-state index in [1.165, 1.54) is 4.88 Å². The summed E-state index contributed by atoms with van der Waals surface area (Å²) in [6.07, 6.45) is 3.61. The Morgan fingerprint density at radius 2 is 1.79 bits per heavy atom. The molecule has 9 heteroatoms. The summed E-state index contributed by atoms with van der Waals surface area (Å²) in [5.41, 5.74) is 0. The van der Waals surface area contributed by atoms with Gasteiger partial charge in [-0.05, 0) is 13.8 Å². The molecule has 0 spiro atoms. The maximum Gasteiger partial charge on any atom is 0.191 e. The van der Waals surface area contributed by atoms with Gasteiger partial charge in [-0.3, -0.25) is 4.99 Å². The first-order valence-electron chi connectivity index (χ1n) is 9.44. The molecule has 1 heterocycles. The van der Waals surface area contributed by atoms with E-state index in [-0.39, 0.29) is 24.0 Å². The van der Waals surface area contributed by atoms with Crippen molar-refractivity contribution in [1.82, 2.24) is 15.6 Å². The Morgan fingerprint density at radius 1 is 1.10 bits per heavy atom. The molecule has 0 saturated heterocycles. The fourth-order valence-corrected chi connectivity index (χ4v) is 3.24. The first kappa shape index (κ1) is 25.3. The number of methoxy groups -OCH3 is 2. The number of benzene rings is 1. The van der Waals surface area contributed by atoms with E-state index < -0.39 is 0 Å². The molecule has 0 bridgehead atoms. The second-order valence-corrected chi connectivity index (χ2v) is 7.37. The summed E-state index contributed by atoms with van der Waals surface area (Å²) < 4.78 is 16.3. The van der Waals surface area contributed by atoms with Crippen LogP contribution >= 0.6 is 35.3 Å². The molecule has 0 unspecified atom stereocenters. The number of aliphatic imine (C=N–C) groups is 1. The number of aromatic nitrogens is 1. The third kappa shape index (κ3) is 9.53. The Morgan fingerprint density at radius 3 is 2.38 bits per heavy atom. The van der Waals surface area contributed by atoms with Crippen molar-refractivity contribution in [2.45, 2.75) is 26.7 Å². The highest BCUT2D eigenvalue weighted by molar-refractivity contribution is 14.0. The van der Waals surface area contributed by atoms with Crippen LogP contribution in [0.5, 0.6) is 17.2 Å². The number of rotatable bonds is 11. The summed E-state index contributed by atoms with van der Waals surface area (Å²) in [5.74, 6) is 2.96. The summed E-state index contributed by atoms with van der Waals surface area (Å²) in [6, 6.07) is 5.51. The lowest BCUT2D eigenvalue weighted by Gasteiger charge is -2.11. The van der Waals surface area contributed by atoms with Crippen molar-refractivity contribution in [3.05, 3.63) is 34.3 Å². The molecule has 0 aliphatic heterocycles. The Bertz CT molecular complexity index is 733. The van der Waals surface area contributed by atoms with Crippen LogP contribution in [0.2, 0.25) is 0 Å². The summed E-state index contributed by atoms with van der Waals surface area (Å²) in [4.78, 5) is 10.2. The van der Waals surface area contributed by atoms with Crippen LogP contribution in [0.15, 0.2) is 29.4 Å². The van der Waals surface area contributed by atoms with Gasteiger partial charge >= 0.3 is 0 Å². The van der Waals surface area contributed by atoms with Gasteiger partial charge in [0.15, 0.2) is 5.96 Å². The number of aryl methyl sites for hydroxylation is 1. The van der Waals surface area contributed by atoms with Gasteiger partial charge in [-0.1, -0.05) is 0 Å². The molecule has 0 fully saturated rings. The minimum atomic E-state index is 0. The molecule has 2 rings (SSSR count). The van der Waals surface area contributed by atoms with Gasteiger partial charge in [0.05, 0.1) is 25.8 Å². The standard InChI is InChI=1S/C20H30N4O3S.HI/c1-5-21-20(23-9-7-19-24-14-15(2)28-19)22-8-6-10-27-18-12-16(25-3)11-17(13-18)26-4;/h11-14H,5-10H2,1-4H3,(H2,21,22,23);1H. The maximum absolute atomic E-state index is 5.80. The van der Waals surface area contributed by atoms with Crippen molar-refractivity contribution in [1.29, 1.82) is 0 Å². The second kappa shape index (κ2) is 14.3. The van der Waals surface area contributed by atoms with Gasteiger partial charge in [0.25, 0.3) is 0 Å². The average molecular weight is 534 g/mol. The predicted molar refractivity (Wildman–Crippen MR) is 130 cm³/mol. The first-order valence-corrected chi connectivity index (χ1v) is 10.3. The monoisotopic (exact) mass is 534 g/mol. The van der Waals surface area contributed by atoms with Crippen LogP contribution in [-0.2, 0) is 6.42 Å². The molecular weight excluding hydrogens is 503 g/mol. The van der Waals surface area contributed by atoms with E-state index in [0.29, 0.717) is 24.7 Å². The largest absolute Gasteiger partial charge is 0.496 e. The molecule has 0 saturated carbocycles. The lowest BCUT2D eigenvalue weighted by molar-refractivity contribution is 0.307. The molecule has 2 N–H and O–H groups in total. The maximum atomic E-state index is 5.80. The Kier molecular flexibility index (Phi) is 12.4. The molecule has 0 aliphatic rings. The van der Waals surface area contributed by atoms with Gasteiger partial charge in [-0.25, -0.2) is 4.98 Å². The van der Waals surface area contributed by atoms with Crippen molar-refractivity contribution >= 4 is 41.3 Å². The third-order valence-electron chi connectivity index (χ3n) is 3.81. The van der Waals surface area contributed by atoms with Crippen LogP contribution in [0.3, 0.4) is 0 Å². The zero-order valence-corrected chi connectivity index (χ0v) is 20.6. The van der Waals surface area contributed by atoms with Crippen molar-refractivity contribution in [2.24, 2.45) is 4.99 Å². The minimum absolute atomic E-state index is 0. The summed E-state index contributed by atoms with van der Waals surface area (Å²) in [5, 5.41) is 7.75. The van der Waals surface area contributed by atoms with Crippen LogP contribution in [0.25, 0.3) is 0 Å². The molecule has 2 aromatic rings. The number of guanidine groups is 1. The molecular formula is C20H31IN4O3S. The fourth-order valence-electron chi connectivity index (χ4n) is 2.46. The predicted octanol–water partition coefficient (Wildman–Crippen LogP) is 3.65. The topological polar surface area (TPSA) is 77.0 Å². The van der Waals surface area contributed by atoms with Gasteiger partial charge < -0.3 is 24.8 Å². The number of hydrogen-bond acceptors (Lipinski definition) is 6. The molecule has 0 atom stereocenters. The van der Waals surface area contributed by atoms with E-state index in [1.807, 2.05) is 24.4 Å². The summed E-state index contributed by atoms with van der Waals surface area (Å²) in [6.45, 7) is 7.00. The molecule has 1 aromatic carbocycles. The number of hydrogen-bond donors (Lipinski definition) is 2. The van der Waals surface area contributed by atoms with Crippen LogP contribution in [0, 0.1) is 6.92 Å². The first-order chi connectivity index (χ1) is 13.6. The molecule has 7 nitrogen and oxygen atoms in total. The average Bonchev–Trinajstić information content (AvgIpc) is 3.12. The normalized spacial score (nSPS) is 10.8. The Hall–Kier alpha value is -1.75. The smallest absolute Gasteiger partial charge is 0.191 e. The van der Waals surface area contributed by atoms with E-state index >= 15 is 0 Å². The summed E-state index contributed by atoms with van der Waals surface area (Å²) in [7, 11) is 3.25. The van der Waals surface area contributed by atoms with E-state index in [1.54, 1.807) is 25.6 Å². The zero-order valence-electron chi connectivity index (χ0n) is 17.5. The molecule has 0 aliphatic carbocycles. The number of thiazole rings is 1. The van der Waals surface area contributed by atoms with Gasteiger partial charge in [0.1, 0.15) is 17.2 Å². The van der Waals surface area contributed by atoms with Crippen LogP contribution in [-0.4, -0.2) is 51.4 Å². The molecule has 162 valence electrons. The quantitative estimate of drug-likeness (QED) is 0.199. The highest BCUT2D eigenvalue weighted by Crippen LogP contribution is 2.27. The summed E-state index contributed by atoms with van der Waals surface area (Å²) >= 11 is 1.73. The molecule has 29 heavy (non-hydrogen) atoms. The van der Waals surface area contributed by atoms with Crippen molar-refractivity contribution in [3.8, 4) is 17.2 Å². The number of ether oxygens (including phenoxy) is 3. The van der Waals surface area contributed by atoms with E-state index in [2.05, 4.69) is 34.5 Å². The number of nitrogens with one attached hydrogen (secondary N) is 2. The van der Waals surface area contributed by atoms with Gasteiger partial charge in [-0.15, -0.1) is 35.3 Å². The minimum Gasteiger partial charge on any atom is -0.496 e. The van der Waals surface area contributed by atoms with E-state index in [9.17, 15) is 0 Å². The lowest BCUT2D eigenvalue weighted by Crippen LogP contribution is -2.38. The van der Waals surface area contributed by atoms with Gasteiger partial charge in [-0.2, -0.15) is 0 Å². The Balaban J connectivity index is 0.00000420. The highest BCUT2D eigenvalue weighted by atomic mass is 127. The van der Waals surface area contributed by atoms with E-state index in [4.69, 9.17) is 14.2 Å². The van der Waals surface area contributed by atoms with E-state index in [0.717, 1.165) is 42.6 Å². The van der Waals surface area contributed by atoms with Gasteiger partial charge in [0, 0.05) is 61.7 Å². The van der Waals surface area contributed by atoms with Crippen molar-refractivity contribution in [2.75, 3.05) is 40.5 Å². The molecule has 1 aromatic heterocycles. The highest BCUT2D eigenvalue weighted by Gasteiger charge is 2.03. The third-order valence-corrected chi connectivity index (χ3v) is 4.78. The van der Waals surface area contributed by atoms with Gasteiger partial charge in [0.2, 0.25) is 0 Å². The van der Waals surface area contributed by atoms with Crippen LogP contribution in [0.4, 0.5) is 0 Å². The zero-order chi connectivity index (χ0) is 20.2. The van der Waals surface area contributed by atoms with Crippen LogP contribution < -0.4 is 24.8 Å². The SMILES string of the molecule is CCNC(=NCCCOc1cc(OC)cc(OC)c1)NCCc1ncc(C)s1.I. The Labute approximate surface area is 194 Å². The molecule has 0 amide bonds. The lowest BCUT2D eigenvalue weighted by atomic mass is 10.3. The molecule has 0 radical (unpaired) electrons. The van der Waals surface area contributed by atoms with Crippen molar-refractivity contribution in [3.63, 3.8) is 0 Å². The number of nitrogens with zero attached hydrogens (tertiary/aromatic N) is 2. The van der Waals surface area contributed by atoms with Crippen molar-refractivity contribution < 1.29 is 14.2 Å². The fraction of sp³-hybridized carbons (Fsp3) is 0.500. The second-order valence-electron chi connectivity index (χ2n) is 6.05. The van der Waals surface area contributed by atoms with Crippen LogP contribution in [0.1, 0.15) is 23.2 Å². The number of halogens is 1.